The fraction of sp³-hybridized carbons (Fsp3) is 0.176. The molecule has 0 aliphatic rings. The second kappa shape index (κ2) is 9.02. The molecule has 0 spiro atoms. The van der Waals surface area contributed by atoms with Crippen LogP contribution < -0.4 is 19.6 Å². The van der Waals surface area contributed by atoms with Gasteiger partial charge in [-0.1, -0.05) is 12.1 Å². The molecule has 2 rings (SSSR count). The Morgan fingerprint density at radius 3 is 2.65 bits per heavy atom. The molecule has 0 aliphatic carbocycles. The van der Waals surface area contributed by atoms with Crippen molar-refractivity contribution in [3.05, 3.63) is 58.1 Å². The number of nitro benzene ring substituents is 1. The van der Waals surface area contributed by atoms with Crippen molar-refractivity contribution < 1.29 is 23.9 Å². The SMILES string of the molecule is COc1ccc(C=NNC(=O)COc2ccccc2[N+](=O)[O-])c(OC)c1. The van der Waals surface area contributed by atoms with Crippen molar-refractivity contribution >= 4 is 17.8 Å². The lowest BCUT2D eigenvalue weighted by molar-refractivity contribution is -0.385. The number of ether oxygens (including phenoxy) is 3. The number of para-hydroxylation sites is 2. The lowest BCUT2D eigenvalue weighted by Crippen LogP contribution is -2.24. The molecule has 1 amide bonds. The topological polar surface area (TPSA) is 112 Å². The summed E-state index contributed by atoms with van der Waals surface area (Å²) in [6, 6.07) is 10.9. The van der Waals surface area contributed by atoms with E-state index < -0.39 is 17.4 Å². The van der Waals surface area contributed by atoms with Crippen LogP contribution in [0, 0.1) is 10.1 Å². The Morgan fingerprint density at radius 1 is 1.19 bits per heavy atom. The Balaban J connectivity index is 1.93. The number of nitrogens with zero attached hydrogens (tertiary/aromatic N) is 2. The molecule has 0 fully saturated rings. The molecule has 0 saturated carbocycles. The molecule has 1 N–H and O–H groups in total. The van der Waals surface area contributed by atoms with E-state index in [0.29, 0.717) is 17.1 Å². The maximum Gasteiger partial charge on any atom is 0.310 e. The molecular formula is C17H17N3O6. The first kappa shape index (κ1) is 18.7. The molecule has 136 valence electrons. The van der Waals surface area contributed by atoms with Crippen LogP contribution in [0.25, 0.3) is 0 Å². The van der Waals surface area contributed by atoms with Gasteiger partial charge in [-0.05, 0) is 18.2 Å². The largest absolute Gasteiger partial charge is 0.497 e. The summed E-state index contributed by atoms with van der Waals surface area (Å²) in [4.78, 5) is 22.1. The summed E-state index contributed by atoms with van der Waals surface area (Å²) in [6.45, 7) is -0.415. The van der Waals surface area contributed by atoms with Crippen LogP contribution in [0.4, 0.5) is 5.69 Å². The number of methoxy groups -OCH3 is 2. The van der Waals surface area contributed by atoms with Crippen LogP contribution in [0.15, 0.2) is 47.6 Å². The smallest absolute Gasteiger partial charge is 0.310 e. The molecule has 0 radical (unpaired) electrons. The standard InChI is InChI=1S/C17H17N3O6/c1-24-13-8-7-12(16(9-13)25-2)10-18-19-17(21)11-26-15-6-4-3-5-14(15)20(22)23/h3-10H,11H2,1-2H3,(H,19,21). The van der Waals surface area contributed by atoms with Gasteiger partial charge < -0.3 is 14.2 Å². The van der Waals surface area contributed by atoms with Gasteiger partial charge >= 0.3 is 5.69 Å². The number of hydrogen-bond acceptors (Lipinski definition) is 7. The van der Waals surface area contributed by atoms with Crippen LogP contribution in [-0.4, -0.2) is 37.9 Å². The van der Waals surface area contributed by atoms with E-state index in [-0.39, 0.29) is 11.4 Å². The third kappa shape index (κ3) is 4.94. The van der Waals surface area contributed by atoms with Gasteiger partial charge in [0.15, 0.2) is 12.4 Å². The summed E-state index contributed by atoms with van der Waals surface area (Å²) in [5.74, 6) is 0.597. The number of hydrogen-bond donors (Lipinski definition) is 1. The Morgan fingerprint density at radius 2 is 1.96 bits per heavy atom. The Labute approximate surface area is 149 Å². The summed E-state index contributed by atoms with van der Waals surface area (Å²) >= 11 is 0. The minimum absolute atomic E-state index is 0.00783. The minimum atomic E-state index is -0.582. The summed E-state index contributed by atoms with van der Waals surface area (Å²) in [5, 5.41) is 14.7. The molecular weight excluding hydrogens is 342 g/mol. The van der Waals surface area contributed by atoms with Crippen LogP contribution in [0.5, 0.6) is 17.2 Å². The van der Waals surface area contributed by atoms with Crippen molar-refractivity contribution in [1.82, 2.24) is 5.43 Å². The second-order valence-electron chi connectivity index (χ2n) is 4.91. The zero-order chi connectivity index (χ0) is 18.9. The molecule has 0 aromatic heterocycles. The summed E-state index contributed by atoms with van der Waals surface area (Å²) in [7, 11) is 3.05. The monoisotopic (exact) mass is 359 g/mol. The van der Waals surface area contributed by atoms with Gasteiger partial charge in [-0.15, -0.1) is 0 Å². The van der Waals surface area contributed by atoms with Crippen LogP contribution in [-0.2, 0) is 4.79 Å². The van der Waals surface area contributed by atoms with Crippen LogP contribution >= 0.6 is 0 Å². The highest BCUT2D eigenvalue weighted by molar-refractivity contribution is 5.85. The molecule has 0 bridgehead atoms. The fourth-order valence-electron chi connectivity index (χ4n) is 2.00. The molecule has 0 aliphatic heterocycles. The zero-order valence-electron chi connectivity index (χ0n) is 14.2. The van der Waals surface area contributed by atoms with E-state index in [2.05, 4.69) is 10.5 Å². The number of amides is 1. The maximum absolute atomic E-state index is 11.8. The van der Waals surface area contributed by atoms with Crippen molar-refractivity contribution in [2.45, 2.75) is 0 Å². The van der Waals surface area contributed by atoms with E-state index in [1.807, 2.05) is 0 Å². The molecule has 0 atom stereocenters. The maximum atomic E-state index is 11.8. The lowest BCUT2D eigenvalue weighted by atomic mass is 10.2. The van der Waals surface area contributed by atoms with Crippen LogP contribution in [0.3, 0.4) is 0 Å². The number of nitro groups is 1. The van der Waals surface area contributed by atoms with Gasteiger partial charge in [0.05, 0.1) is 25.4 Å². The molecule has 9 heteroatoms. The predicted octanol–water partition coefficient (Wildman–Crippen LogP) is 2.14. The highest BCUT2D eigenvalue weighted by Crippen LogP contribution is 2.25. The number of nitrogens with one attached hydrogen (secondary N) is 1. The van der Waals surface area contributed by atoms with Crippen molar-refractivity contribution in [3.8, 4) is 17.2 Å². The Hall–Kier alpha value is -3.62. The first-order valence-corrected chi connectivity index (χ1v) is 7.45. The van der Waals surface area contributed by atoms with Crippen LogP contribution in [0.2, 0.25) is 0 Å². The van der Waals surface area contributed by atoms with Crippen molar-refractivity contribution in [2.75, 3.05) is 20.8 Å². The average molecular weight is 359 g/mol. The zero-order valence-corrected chi connectivity index (χ0v) is 14.2. The highest BCUT2D eigenvalue weighted by atomic mass is 16.6. The number of hydrazone groups is 1. The average Bonchev–Trinajstić information content (AvgIpc) is 2.66. The number of rotatable bonds is 8. The highest BCUT2D eigenvalue weighted by Gasteiger charge is 2.14. The second-order valence-corrected chi connectivity index (χ2v) is 4.91. The van der Waals surface area contributed by atoms with E-state index in [1.54, 1.807) is 31.4 Å². The third-order valence-corrected chi connectivity index (χ3v) is 3.25. The van der Waals surface area contributed by atoms with Crippen molar-refractivity contribution in [3.63, 3.8) is 0 Å². The van der Waals surface area contributed by atoms with E-state index in [1.165, 1.54) is 31.5 Å². The van der Waals surface area contributed by atoms with Crippen LogP contribution in [0.1, 0.15) is 5.56 Å². The van der Waals surface area contributed by atoms with Gasteiger partial charge in [0, 0.05) is 17.7 Å². The number of benzene rings is 2. The Bertz CT molecular complexity index is 822. The van der Waals surface area contributed by atoms with E-state index in [0.717, 1.165) is 0 Å². The molecule has 9 nitrogen and oxygen atoms in total. The van der Waals surface area contributed by atoms with Gasteiger partial charge in [-0.3, -0.25) is 14.9 Å². The van der Waals surface area contributed by atoms with Gasteiger partial charge in [-0.2, -0.15) is 5.10 Å². The Kier molecular flexibility index (Phi) is 6.49. The number of carbonyl (C=O) groups is 1. The van der Waals surface area contributed by atoms with Crippen molar-refractivity contribution in [1.29, 1.82) is 0 Å². The normalized spacial score (nSPS) is 10.4. The molecule has 26 heavy (non-hydrogen) atoms. The molecule has 0 saturated heterocycles. The van der Waals surface area contributed by atoms with Gasteiger partial charge in [0.25, 0.3) is 5.91 Å². The predicted molar refractivity (Wildman–Crippen MR) is 93.9 cm³/mol. The fourth-order valence-corrected chi connectivity index (χ4v) is 2.00. The summed E-state index contributed by atoms with van der Waals surface area (Å²) in [6.07, 6.45) is 1.40. The lowest BCUT2D eigenvalue weighted by Gasteiger charge is -2.07. The third-order valence-electron chi connectivity index (χ3n) is 3.25. The quantitative estimate of drug-likeness (QED) is 0.439. The summed E-state index contributed by atoms with van der Waals surface area (Å²) in [5.41, 5.74) is 2.70. The minimum Gasteiger partial charge on any atom is -0.497 e. The van der Waals surface area contributed by atoms with Gasteiger partial charge in [0.1, 0.15) is 11.5 Å². The first-order valence-electron chi connectivity index (χ1n) is 7.45. The van der Waals surface area contributed by atoms with Gasteiger partial charge in [-0.25, -0.2) is 5.43 Å². The summed E-state index contributed by atoms with van der Waals surface area (Å²) < 4.78 is 15.5. The van der Waals surface area contributed by atoms with Crippen molar-refractivity contribution in [2.24, 2.45) is 5.10 Å². The van der Waals surface area contributed by atoms with E-state index >= 15 is 0 Å². The first-order chi connectivity index (χ1) is 12.5. The van der Waals surface area contributed by atoms with E-state index in [9.17, 15) is 14.9 Å². The molecule has 2 aromatic rings. The number of carbonyl (C=O) groups excluding carboxylic acids is 1. The molecule has 0 heterocycles. The van der Waals surface area contributed by atoms with E-state index in [4.69, 9.17) is 14.2 Å². The van der Waals surface area contributed by atoms with Gasteiger partial charge in [0.2, 0.25) is 0 Å². The molecule has 2 aromatic carbocycles. The molecule has 0 unspecified atom stereocenters.